The van der Waals surface area contributed by atoms with E-state index >= 15 is 0 Å². The van der Waals surface area contributed by atoms with Crippen LogP contribution in [0.3, 0.4) is 0 Å². The average Bonchev–Trinajstić information content (AvgIpc) is 3.29. The number of allylic oxidation sites excluding steroid dienone is 2. The van der Waals surface area contributed by atoms with Gasteiger partial charge in [-0.2, -0.15) is 26.3 Å². The monoisotopic (exact) mass is 563 g/mol. The van der Waals surface area contributed by atoms with Gasteiger partial charge in [-0.25, -0.2) is 9.37 Å². The van der Waals surface area contributed by atoms with Crippen molar-refractivity contribution in [3.8, 4) is 0 Å². The van der Waals surface area contributed by atoms with Crippen LogP contribution in [0.5, 0.6) is 0 Å². The number of alkyl halides is 6. The van der Waals surface area contributed by atoms with Crippen molar-refractivity contribution in [2.75, 3.05) is 5.32 Å². The Balaban J connectivity index is 1.96. The van der Waals surface area contributed by atoms with Gasteiger partial charge in [-0.3, -0.25) is 4.98 Å². The van der Waals surface area contributed by atoms with Crippen molar-refractivity contribution >= 4 is 28.1 Å². The van der Waals surface area contributed by atoms with E-state index in [1.807, 2.05) is 19.1 Å². The topological polar surface area (TPSA) is 37.8 Å². The SMILES string of the molecule is CC1C=CCCC1CC(Nc1nc(C(F)(F)F)cs1)(c1cc(F)cc(C(F)(F)F)c1)c1ccc(Cl)cn1. The zero-order valence-corrected chi connectivity index (χ0v) is 20.9. The lowest BCUT2D eigenvalue weighted by molar-refractivity contribution is -0.140. The van der Waals surface area contributed by atoms with E-state index < -0.39 is 35.0 Å². The molecule has 0 amide bonds. The predicted octanol–water partition coefficient (Wildman–Crippen LogP) is 8.72. The first-order valence-electron chi connectivity index (χ1n) is 11.3. The smallest absolute Gasteiger partial charge is 0.346 e. The third-order valence-corrected chi connectivity index (χ3v) is 7.43. The van der Waals surface area contributed by atoms with Crippen molar-refractivity contribution in [3.05, 3.63) is 87.4 Å². The van der Waals surface area contributed by atoms with Gasteiger partial charge in [-0.1, -0.05) is 30.7 Å². The lowest BCUT2D eigenvalue weighted by Crippen LogP contribution is -2.41. The van der Waals surface area contributed by atoms with Crippen LogP contribution >= 0.6 is 22.9 Å². The van der Waals surface area contributed by atoms with Crippen molar-refractivity contribution in [1.29, 1.82) is 0 Å². The lowest BCUT2D eigenvalue weighted by Gasteiger charge is -2.40. The van der Waals surface area contributed by atoms with Gasteiger partial charge in [0.25, 0.3) is 0 Å². The van der Waals surface area contributed by atoms with E-state index in [2.05, 4.69) is 15.3 Å². The highest BCUT2D eigenvalue weighted by Crippen LogP contribution is 2.45. The van der Waals surface area contributed by atoms with Crippen LogP contribution in [-0.4, -0.2) is 9.97 Å². The fourth-order valence-corrected chi connectivity index (χ4v) is 5.46. The van der Waals surface area contributed by atoms with Crippen LogP contribution < -0.4 is 5.32 Å². The molecule has 0 aliphatic heterocycles. The Kier molecular flexibility index (Phi) is 7.58. The summed E-state index contributed by atoms with van der Waals surface area (Å²) in [6.45, 7) is 1.94. The highest BCUT2D eigenvalue weighted by atomic mass is 35.5. The third kappa shape index (κ3) is 6.09. The number of nitrogens with zero attached hydrogens (tertiary/aromatic N) is 2. The van der Waals surface area contributed by atoms with Gasteiger partial charge in [-0.15, -0.1) is 11.3 Å². The van der Waals surface area contributed by atoms with Crippen LogP contribution in [0.15, 0.2) is 54.1 Å². The molecule has 1 aliphatic rings. The van der Waals surface area contributed by atoms with Crippen LogP contribution in [0.4, 0.5) is 35.9 Å². The van der Waals surface area contributed by atoms with Crippen molar-refractivity contribution in [1.82, 2.24) is 9.97 Å². The van der Waals surface area contributed by atoms with Gasteiger partial charge in [0, 0.05) is 11.6 Å². The number of hydrogen-bond acceptors (Lipinski definition) is 4. The quantitative estimate of drug-likeness (QED) is 0.241. The van der Waals surface area contributed by atoms with Gasteiger partial charge in [-0.05, 0) is 67.0 Å². The van der Waals surface area contributed by atoms with Crippen molar-refractivity contribution < 1.29 is 30.7 Å². The number of nitrogens with one attached hydrogen (secondary N) is 1. The van der Waals surface area contributed by atoms with Crippen molar-refractivity contribution in [2.45, 2.75) is 44.1 Å². The molecule has 2 heterocycles. The summed E-state index contributed by atoms with van der Waals surface area (Å²) < 4.78 is 95.7. The molecule has 0 spiro atoms. The number of halogens is 8. The van der Waals surface area contributed by atoms with Gasteiger partial charge < -0.3 is 5.32 Å². The van der Waals surface area contributed by atoms with Gasteiger partial charge >= 0.3 is 12.4 Å². The maximum absolute atomic E-state index is 14.7. The van der Waals surface area contributed by atoms with Crippen LogP contribution in [0.1, 0.15) is 48.7 Å². The number of anilines is 1. The molecule has 37 heavy (non-hydrogen) atoms. The van der Waals surface area contributed by atoms with Crippen molar-refractivity contribution in [2.24, 2.45) is 11.8 Å². The number of aromatic nitrogens is 2. The molecule has 12 heteroatoms. The minimum Gasteiger partial charge on any atom is -0.346 e. The van der Waals surface area contributed by atoms with E-state index in [9.17, 15) is 30.7 Å². The summed E-state index contributed by atoms with van der Waals surface area (Å²) in [5.41, 5.74) is -4.00. The third-order valence-electron chi connectivity index (χ3n) is 6.45. The molecule has 1 N–H and O–H groups in total. The molecular weight excluding hydrogens is 543 g/mol. The summed E-state index contributed by atoms with van der Waals surface area (Å²) in [7, 11) is 0. The molecule has 0 radical (unpaired) electrons. The number of thiazole rings is 1. The first-order valence-corrected chi connectivity index (χ1v) is 12.5. The van der Waals surface area contributed by atoms with Gasteiger partial charge in [0.1, 0.15) is 11.4 Å². The molecule has 0 fully saturated rings. The second-order valence-corrected chi connectivity index (χ2v) is 10.3. The van der Waals surface area contributed by atoms with Crippen molar-refractivity contribution in [3.63, 3.8) is 0 Å². The van der Waals surface area contributed by atoms with Gasteiger partial charge in [0.15, 0.2) is 10.8 Å². The minimum absolute atomic E-state index is 0.0000908. The molecule has 4 rings (SSSR count). The molecule has 0 saturated carbocycles. The second-order valence-electron chi connectivity index (χ2n) is 8.98. The highest BCUT2D eigenvalue weighted by molar-refractivity contribution is 7.13. The molecule has 3 aromatic rings. The minimum atomic E-state index is -4.86. The normalized spacial score (nSPS) is 20.0. The maximum Gasteiger partial charge on any atom is 0.434 e. The number of pyridine rings is 1. The van der Waals surface area contributed by atoms with E-state index in [-0.39, 0.29) is 39.7 Å². The van der Waals surface area contributed by atoms with E-state index in [1.165, 1.54) is 18.3 Å². The molecular formula is C25H21ClF7N3S. The molecule has 3 nitrogen and oxygen atoms in total. The van der Waals surface area contributed by atoms with E-state index in [1.54, 1.807) is 0 Å². The Morgan fingerprint density at radius 3 is 2.35 bits per heavy atom. The Hall–Kier alpha value is -2.66. The highest BCUT2D eigenvalue weighted by Gasteiger charge is 2.43. The largest absolute Gasteiger partial charge is 0.434 e. The van der Waals surface area contributed by atoms with E-state index in [0.29, 0.717) is 30.2 Å². The van der Waals surface area contributed by atoms with E-state index in [4.69, 9.17) is 11.6 Å². The van der Waals surface area contributed by atoms with E-state index in [0.717, 1.165) is 17.5 Å². The molecule has 198 valence electrons. The summed E-state index contributed by atoms with van der Waals surface area (Å²) in [6, 6.07) is 5.06. The Morgan fingerprint density at radius 2 is 1.76 bits per heavy atom. The molecule has 0 saturated heterocycles. The first-order chi connectivity index (χ1) is 17.3. The zero-order chi connectivity index (χ0) is 27.0. The number of rotatable bonds is 6. The van der Waals surface area contributed by atoms with Crippen LogP contribution in [0.2, 0.25) is 5.02 Å². The molecule has 1 aliphatic carbocycles. The molecule has 3 unspecified atom stereocenters. The van der Waals surface area contributed by atoms with Gasteiger partial charge in [0.2, 0.25) is 0 Å². The van der Waals surface area contributed by atoms with Crippen LogP contribution in [0, 0.1) is 17.7 Å². The summed E-state index contributed by atoms with van der Waals surface area (Å²) in [5, 5.41) is 3.81. The Labute approximate surface area is 217 Å². The Morgan fingerprint density at radius 1 is 1.03 bits per heavy atom. The fourth-order valence-electron chi connectivity index (χ4n) is 4.55. The molecule has 3 atom stereocenters. The zero-order valence-electron chi connectivity index (χ0n) is 19.3. The molecule has 1 aromatic carbocycles. The summed E-state index contributed by atoms with van der Waals surface area (Å²) in [4.78, 5) is 7.97. The van der Waals surface area contributed by atoms with Gasteiger partial charge in [0.05, 0.1) is 16.3 Å². The molecule has 2 aromatic heterocycles. The maximum atomic E-state index is 14.7. The average molecular weight is 564 g/mol. The predicted molar refractivity (Wildman–Crippen MR) is 128 cm³/mol. The molecule has 0 bridgehead atoms. The number of benzene rings is 1. The van der Waals surface area contributed by atoms with Crippen LogP contribution in [-0.2, 0) is 17.9 Å². The lowest BCUT2D eigenvalue weighted by atomic mass is 9.72. The Bertz CT molecular complexity index is 1270. The standard InChI is InChI=1S/C25H21ClF7N3S/c1-14-4-2-3-5-15(14)11-23(20-7-6-18(26)12-34-20,36-22-35-21(13-37-22)25(31,32)33)16-8-17(24(28,29)30)10-19(27)9-16/h2,4,6-10,12-15H,3,5,11H2,1H3,(H,35,36). The summed E-state index contributed by atoms with van der Waals surface area (Å²) in [6.07, 6.45) is -2.83. The fraction of sp³-hybridized carbons (Fsp3) is 0.360. The van der Waals surface area contributed by atoms with Crippen LogP contribution in [0.25, 0.3) is 0 Å². The summed E-state index contributed by atoms with van der Waals surface area (Å²) in [5.74, 6) is -1.26. The number of hydrogen-bond donors (Lipinski definition) is 1. The summed E-state index contributed by atoms with van der Waals surface area (Å²) >= 11 is 6.66. The first kappa shape index (κ1) is 27.4. The second kappa shape index (κ2) is 10.2.